The molecular formula is C24H31N3O2. The third kappa shape index (κ3) is 6.86. The Labute approximate surface area is 173 Å². The molecule has 0 saturated carbocycles. The lowest BCUT2D eigenvalue weighted by atomic mass is 9.87. The molecule has 0 unspecified atom stereocenters. The van der Waals surface area contributed by atoms with Crippen LogP contribution in [-0.4, -0.2) is 17.5 Å². The Kier molecular flexibility index (Phi) is 7.32. The Morgan fingerprint density at radius 1 is 0.897 bits per heavy atom. The van der Waals surface area contributed by atoms with E-state index in [2.05, 4.69) is 50.5 Å². The van der Waals surface area contributed by atoms with Crippen molar-refractivity contribution in [3.05, 3.63) is 65.2 Å². The molecular weight excluding hydrogens is 362 g/mol. The minimum absolute atomic E-state index is 0.0444. The summed E-state index contributed by atoms with van der Waals surface area (Å²) in [5.74, 6) is 0.0311. The molecule has 5 nitrogen and oxygen atoms in total. The van der Waals surface area contributed by atoms with Crippen LogP contribution in [0.3, 0.4) is 0 Å². The Bertz CT molecular complexity index is 874. The second-order valence-corrected chi connectivity index (χ2v) is 8.74. The second kappa shape index (κ2) is 9.50. The molecule has 0 atom stereocenters. The van der Waals surface area contributed by atoms with E-state index in [4.69, 9.17) is 0 Å². The van der Waals surface area contributed by atoms with E-state index >= 15 is 0 Å². The number of nitrogens with zero attached hydrogens (tertiary/aromatic N) is 1. The van der Waals surface area contributed by atoms with Crippen LogP contribution in [0.15, 0.2) is 53.6 Å². The maximum atomic E-state index is 12.5. The van der Waals surface area contributed by atoms with Crippen molar-refractivity contribution >= 4 is 23.2 Å². The normalized spacial score (nSPS) is 12.0. The number of carbonyl (C=O) groups excluding carboxylic acids is 2. The highest BCUT2D eigenvalue weighted by Crippen LogP contribution is 2.22. The van der Waals surface area contributed by atoms with Gasteiger partial charge in [-0.1, -0.05) is 46.8 Å². The van der Waals surface area contributed by atoms with Crippen LogP contribution >= 0.6 is 0 Å². The predicted molar refractivity (Wildman–Crippen MR) is 120 cm³/mol. The van der Waals surface area contributed by atoms with Gasteiger partial charge in [0.15, 0.2) is 0 Å². The van der Waals surface area contributed by atoms with Crippen LogP contribution in [0.5, 0.6) is 0 Å². The van der Waals surface area contributed by atoms with Gasteiger partial charge in [0.2, 0.25) is 0 Å². The summed E-state index contributed by atoms with van der Waals surface area (Å²) in [5.41, 5.74) is 6.38. The lowest BCUT2D eigenvalue weighted by Gasteiger charge is -2.19. The molecule has 0 aliphatic rings. The van der Waals surface area contributed by atoms with Gasteiger partial charge in [-0.3, -0.25) is 9.59 Å². The van der Waals surface area contributed by atoms with Crippen molar-refractivity contribution < 1.29 is 9.59 Å². The maximum Gasteiger partial charge on any atom is 0.271 e. The van der Waals surface area contributed by atoms with Gasteiger partial charge in [-0.25, -0.2) is 5.43 Å². The van der Waals surface area contributed by atoms with E-state index in [-0.39, 0.29) is 17.2 Å². The van der Waals surface area contributed by atoms with Gasteiger partial charge in [-0.15, -0.1) is 0 Å². The molecule has 29 heavy (non-hydrogen) atoms. The number of amides is 2. The third-order valence-electron chi connectivity index (χ3n) is 4.47. The molecule has 2 rings (SSSR count). The van der Waals surface area contributed by atoms with Crippen molar-refractivity contribution in [2.45, 2.75) is 53.4 Å². The molecule has 0 spiro atoms. The van der Waals surface area contributed by atoms with Crippen molar-refractivity contribution in [2.75, 3.05) is 5.32 Å². The van der Waals surface area contributed by atoms with Crippen molar-refractivity contribution in [1.29, 1.82) is 0 Å². The smallest absolute Gasteiger partial charge is 0.271 e. The van der Waals surface area contributed by atoms with Crippen LogP contribution in [0.25, 0.3) is 0 Å². The zero-order valence-corrected chi connectivity index (χ0v) is 18.2. The molecule has 2 aromatic rings. The van der Waals surface area contributed by atoms with E-state index in [1.54, 1.807) is 24.3 Å². The fraction of sp³-hybridized carbons (Fsp3) is 0.375. The first-order chi connectivity index (χ1) is 13.6. The molecule has 0 aliphatic heterocycles. The van der Waals surface area contributed by atoms with Crippen LogP contribution in [0.4, 0.5) is 5.69 Å². The van der Waals surface area contributed by atoms with Gasteiger partial charge in [0, 0.05) is 22.5 Å². The number of hydrogen-bond acceptors (Lipinski definition) is 3. The SMILES string of the molecule is CC(CC(C)C)=NNC(=O)c1ccc(NC(=O)c2ccc(C(C)(C)C)cc2)cc1. The predicted octanol–water partition coefficient (Wildman–Crippen LogP) is 5.39. The van der Waals surface area contributed by atoms with E-state index in [9.17, 15) is 9.59 Å². The molecule has 0 radical (unpaired) electrons. The van der Waals surface area contributed by atoms with E-state index in [0.717, 1.165) is 12.1 Å². The van der Waals surface area contributed by atoms with Crippen molar-refractivity contribution in [3.63, 3.8) is 0 Å². The fourth-order valence-electron chi connectivity index (χ4n) is 2.88. The molecule has 0 aliphatic carbocycles. The summed E-state index contributed by atoms with van der Waals surface area (Å²) in [6.07, 6.45) is 0.835. The number of nitrogens with one attached hydrogen (secondary N) is 2. The number of benzene rings is 2. The number of hydrazone groups is 1. The summed E-state index contributed by atoms with van der Waals surface area (Å²) in [6, 6.07) is 14.4. The highest BCUT2D eigenvalue weighted by atomic mass is 16.2. The first-order valence-electron chi connectivity index (χ1n) is 9.91. The highest BCUT2D eigenvalue weighted by Gasteiger charge is 2.14. The molecule has 0 fully saturated rings. The van der Waals surface area contributed by atoms with Crippen LogP contribution < -0.4 is 10.7 Å². The first-order valence-corrected chi connectivity index (χ1v) is 9.91. The Balaban J connectivity index is 1.98. The summed E-state index contributed by atoms with van der Waals surface area (Å²) >= 11 is 0. The zero-order chi connectivity index (χ0) is 21.6. The minimum Gasteiger partial charge on any atom is -0.322 e. The topological polar surface area (TPSA) is 70.6 Å². The summed E-state index contributed by atoms with van der Waals surface area (Å²) in [7, 11) is 0. The third-order valence-corrected chi connectivity index (χ3v) is 4.47. The monoisotopic (exact) mass is 393 g/mol. The van der Waals surface area contributed by atoms with E-state index in [1.807, 2.05) is 31.2 Å². The highest BCUT2D eigenvalue weighted by molar-refractivity contribution is 6.04. The Morgan fingerprint density at radius 2 is 1.41 bits per heavy atom. The Morgan fingerprint density at radius 3 is 1.93 bits per heavy atom. The molecule has 0 heterocycles. The van der Waals surface area contributed by atoms with E-state index in [0.29, 0.717) is 22.7 Å². The van der Waals surface area contributed by atoms with Gasteiger partial charge in [-0.2, -0.15) is 5.10 Å². The summed E-state index contributed by atoms with van der Waals surface area (Å²) < 4.78 is 0. The fourth-order valence-corrected chi connectivity index (χ4v) is 2.88. The lowest BCUT2D eigenvalue weighted by Crippen LogP contribution is -2.19. The molecule has 2 amide bonds. The van der Waals surface area contributed by atoms with Gasteiger partial charge in [0.05, 0.1) is 0 Å². The molecule has 0 aromatic heterocycles. The quantitative estimate of drug-likeness (QED) is 0.510. The van der Waals surface area contributed by atoms with Gasteiger partial charge in [0.1, 0.15) is 0 Å². The summed E-state index contributed by atoms with van der Waals surface area (Å²) in [6.45, 7) is 12.5. The van der Waals surface area contributed by atoms with Crippen LogP contribution in [-0.2, 0) is 5.41 Å². The van der Waals surface area contributed by atoms with Gasteiger partial charge < -0.3 is 5.32 Å². The standard InChI is InChI=1S/C24H31N3O2/c1-16(2)15-17(3)26-27-23(29)19-9-13-21(14-10-19)25-22(28)18-7-11-20(12-8-18)24(4,5)6/h7-14,16H,15H2,1-6H3,(H,25,28)(H,27,29). The molecule has 2 aromatic carbocycles. The van der Waals surface area contributed by atoms with Crippen LogP contribution in [0.2, 0.25) is 0 Å². The lowest BCUT2D eigenvalue weighted by molar-refractivity contribution is 0.0954. The minimum atomic E-state index is -0.274. The van der Waals surface area contributed by atoms with E-state index in [1.165, 1.54) is 5.56 Å². The average Bonchev–Trinajstić information content (AvgIpc) is 2.65. The number of hydrogen-bond donors (Lipinski definition) is 2. The molecule has 5 heteroatoms. The van der Waals surface area contributed by atoms with Crippen molar-refractivity contribution in [1.82, 2.24) is 5.43 Å². The number of rotatable bonds is 6. The maximum absolute atomic E-state index is 12.5. The van der Waals surface area contributed by atoms with Gasteiger partial charge in [-0.05, 0) is 66.6 Å². The molecule has 2 N–H and O–H groups in total. The molecule has 0 bridgehead atoms. The number of carbonyl (C=O) groups is 2. The summed E-state index contributed by atoms with van der Waals surface area (Å²) in [4.78, 5) is 24.6. The second-order valence-electron chi connectivity index (χ2n) is 8.74. The summed E-state index contributed by atoms with van der Waals surface area (Å²) in [5, 5.41) is 6.98. The van der Waals surface area contributed by atoms with Gasteiger partial charge in [0.25, 0.3) is 11.8 Å². The Hall–Kier alpha value is -2.95. The van der Waals surface area contributed by atoms with Crippen molar-refractivity contribution in [2.24, 2.45) is 11.0 Å². The largest absolute Gasteiger partial charge is 0.322 e. The zero-order valence-electron chi connectivity index (χ0n) is 18.2. The van der Waals surface area contributed by atoms with Crippen LogP contribution in [0.1, 0.15) is 74.2 Å². The van der Waals surface area contributed by atoms with Gasteiger partial charge >= 0.3 is 0 Å². The average molecular weight is 394 g/mol. The number of anilines is 1. The van der Waals surface area contributed by atoms with Crippen molar-refractivity contribution in [3.8, 4) is 0 Å². The first kappa shape index (κ1) is 22.3. The molecule has 0 saturated heterocycles. The molecule has 154 valence electrons. The van der Waals surface area contributed by atoms with E-state index < -0.39 is 0 Å². The van der Waals surface area contributed by atoms with Crippen LogP contribution in [0, 0.1) is 5.92 Å².